The van der Waals surface area contributed by atoms with Gasteiger partial charge in [-0.15, -0.1) is 0 Å². The number of nitrogens with one attached hydrogen (secondary N) is 1. The summed E-state index contributed by atoms with van der Waals surface area (Å²) in [6, 6.07) is 18.6. The van der Waals surface area contributed by atoms with E-state index in [2.05, 4.69) is 59.8 Å². The molecule has 0 heterocycles. The summed E-state index contributed by atoms with van der Waals surface area (Å²) in [6.07, 6.45) is 1.50. The number of anilines is 1. The number of nitriles is 1. The molecule has 0 radical (unpaired) electrons. The van der Waals surface area contributed by atoms with Crippen LogP contribution in [0, 0.1) is 25.0 Å². The molecule has 166 valence electrons. The molecular formula is C23H14Br2IN3O4. The van der Waals surface area contributed by atoms with Crippen LogP contribution in [0.25, 0.3) is 6.08 Å². The number of carbonyl (C=O) groups is 1. The molecule has 3 aromatic carbocycles. The molecule has 0 bridgehead atoms. The molecule has 10 heteroatoms. The molecular weight excluding hydrogens is 669 g/mol. The minimum atomic E-state index is -0.510. The van der Waals surface area contributed by atoms with Gasteiger partial charge in [-0.05, 0) is 104 Å². The predicted octanol–water partition coefficient (Wildman–Crippen LogP) is 6.85. The Kier molecular flexibility index (Phi) is 8.60. The number of hydrogen-bond acceptors (Lipinski definition) is 5. The number of nitrogens with zero attached hydrogens (tertiary/aromatic N) is 2. The third kappa shape index (κ3) is 6.86. The highest BCUT2D eigenvalue weighted by atomic mass is 127. The van der Waals surface area contributed by atoms with Crippen molar-refractivity contribution in [2.24, 2.45) is 0 Å². The summed E-state index contributed by atoms with van der Waals surface area (Å²) < 4.78 is 8.18. The Morgan fingerprint density at radius 2 is 1.82 bits per heavy atom. The normalized spacial score (nSPS) is 10.9. The van der Waals surface area contributed by atoms with Crippen molar-refractivity contribution in [1.29, 1.82) is 5.26 Å². The van der Waals surface area contributed by atoms with Crippen molar-refractivity contribution in [3.63, 3.8) is 0 Å². The molecule has 1 amide bonds. The fourth-order valence-electron chi connectivity index (χ4n) is 2.72. The number of nitro groups is 1. The van der Waals surface area contributed by atoms with Crippen LogP contribution in [0.2, 0.25) is 0 Å². The van der Waals surface area contributed by atoms with Crippen LogP contribution in [-0.4, -0.2) is 10.8 Å². The summed E-state index contributed by atoms with van der Waals surface area (Å²) >= 11 is 8.91. The van der Waals surface area contributed by atoms with E-state index in [1.54, 1.807) is 48.5 Å². The van der Waals surface area contributed by atoms with Gasteiger partial charge in [0.1, 0.15) is 24.0 Å². The zero-order valence-electron chi connectivity index (χ0n) is 16.7. The van der Waals surface area contributed by atoms with Gasteiger partial charge in [0.15, 0.2) is 0 Å². The average Bonchev–Trinajstić information content (AvgIpc) is 2.78. The van der Waals surface area contributed by atoms with Crippen molar-refractivity contribution in [1.82, 2.24) is 0 Å². The second kappa shape index (κ2) is 11.4. The Bertz CT molecular complexity index is 1250. The van der Waals surface area contributed by atoms with Gasteiger partial charge in [-0.25, -0.2) is 0 Å². The maximum atomic E-state index is 12.5. The first kappa shape index (κ1) is 24.9. The number of rotatable bonds is 7. The third-order valence-corrected chi connectivity index (χ3v) is 6.25. The number of benzene rings is 3. The van der Waals surface area contributed by atoms with Crippen LogP contribution in [0.4, 0.5) is 11.4 Å². The van der Waals surface area contributed by atoms with E-state index >= 15 is 0 Å². The quantitative estimate of drug-likeness (QED) is 0.0965. The molecule has 0 saturated carbocycles. The lowest BCUT2D eigenvalue weighted by Gasteiger charge is -2.12. The maximum absolute atomic E-state index is 12.5. The number of amides is 1. The Hall–Kier alpha value is -2.75. The predicted molar refractivity (Wildman–Crippen MR) is 141 cm³/mol. The maximum Gasteiger partial charge on any atom is 0.269 e. The highest BCUT2D eigenvalue weighted by Crippen LogP contribution is 2.33. The molecule has 7 nitrogen and oxygen atoms in total. The van der Waals surface area contributed by atoms with Crippen LogP contribution in [0.5, 0.6) is 5.75 Å². The van der Waals surface area contributed by atoms with Crippen LogP contribution >= 0.6 is 54.5 Å². The first-order valence-corrected chi connectivity index (χ1v) is 12.0. The molecule has 0 aliphatic rings. The zero-order chi connectivity index (χ0) is 24.0. The number of halogens is 3. The zero-order valence-corrected chi connectivity index (χ0v) is 22.0. The van der Waals surface area contributed by atoms with Crippen LogP contribution in [0.15, 0.2) is 75.2 Å². The van der Waals surface area contributed by atoms with Crippen molar-refractivity contribution < 1.29 is 14.5 Å². The van der Waals surface area contributed by atoms with Crippen molar-refractivity contribution in [3.05, 3.63) is 100.0 Å². The van der Waals surface area contributed by atoms with Gasteiger partial charge < -0.3 is 10.1 Å². The molecule has 0 fully saturated rings. The molecule has 0 aliphatic heterocycles. The summed E-state index contributed by atoms with van der Waals surface area (Å²) in [6.45, 7) is 0.223. The van der Waals surface area contributed by atoms with E-state index in [4.69, 9.17) is 4.74 Å². The summed E-state index contributed by atoms with van der Waals surface area (Å²) in [5.41, 5.74) is 1.98. The fraction of sp³-hybridized carbons (Fsp3) is 0.0435. The smallest absolute Gasteiger partial charge is 0.269 e. The van der Waals surface area contributed by atoms with Crippen LogP contribution in [0.1, 0.15) is 11.1 Å². The van der Waals surface area contributed by atoms with E-state index in [0.717, 1.165) is 13.6 Å². The Balaban J connectivity index is 1.74. The minimum Gasteiger partial charge on any atom is -0.487 e. The number of hydrogen-bond donors (Lipinski definition) is 1. The number of nitro benzene ring substituents is 1. The Morgan fingerprint density at radius 3 is 2.39 bits per heavy atom. The summed E-state index contributed by atoms with van der Waals surface area (Å²) in [4.78, 5) is 22.8. The fourth-order valence-corrected chi connectivity index (χ4v) is 4.75. The van der Waals surface area contributed by atoms with Gasteiger partial charge in [-0.2, -0.15) is 5.26 Å². The van der Waals surface area contributed by atoms with Gasteiger partial charge in [-0.3, -0.25) is 14.9 Å². The second-order valence-electron chi connectivity index (χ2n) is 6.66. The van der Waals surface area contributed by atoms with E-state index in [1.807, 2.05) is 6.07 Å². The van der Waals surface area contributed by atoms with Gasteiger partial charge in [-0.1, -0.05) is 15.9 Å². The van der Waals surface area contributed by atoms with Crippen molar-refractivity contribution in [2.75, 3.05) is 5.32 Å². The molecule has 0 spiro atoms. The van der Waals surface area contributed by atoms with Crippen molar-refractivity contribution >= 4 is 77.8 Å². The van der Waals surface area contributed by atoms with Crippen LogP contribution in [-0.2, 0) is 11.4 Å². The van der Waals surface area contributed by atoms with Gasteiger partial charge >= 0.3 is 0 Å². The Labute approximate surface area is 220 Å². The highest BCUT2D eigenvalue weighted by molar-refractivity contribution is 14.1. The number of ether oxygens (including phenoxy) is 1. The molecule has 3 rings (SSSR count). The topological polar surface area (TPSA) is 105 Å². The van der Waals surface area contributed by atoms with Crippen molar-refractivity contribution in [2.45, 2.75) is 6.61 Å². The molecule has 0 atom stereocenters. The van der Waals surface area contributed by atoms with Gasteiger partial charge in [0, 0.05) is 22.3 Å². The molecule has 3 aromatic rings. The van der Waals surface area contributed by atoms with E-state index < -0.39 is 10.8 Å². The standard InChI is InChI=1S/C23H14Br2IN3O4/c24-17-3-5-18(6-4-17)28-23(30)16(12-27)9-15-10-20(25)22(21(26)11-15)33-13-14-1-7-19(8-2-14)29(31)32/h1-11H,13H2,(H,28,30)/b16-9-. The Morgan fingerprint density at radius 1 is 1.15 bits per heavy atom. The largest absolute Gasteiger partial charge is 0.487 e. The lowest BCUT2D eigenvalue weighted by Crippen LogP contribution is -2.13. The summed E-state index contributed by atoms with van der Waals surface area (Å²) in [7, 11) is 0. The molecule has 0 aliphatic carbocycles. The molecule has 0 saturated heterocycles. The first-order chi connectivity index (χ1) is 15.8. The first-order valence-electron chi connectivity index (χ1n) is 9.30. The van der Waals surface area contributed by atoms with E-state index in [-0.39, 0.29) is 17.9 Å². The van der Waals surface area contributed by atoms with Crippen LogP contribution in [0.3, 0.4) is 0 Å². The second-order valence-corrected chi connectivity index (χ2v) is 9.59. The average molecular weight is 683 g/mol. The molecule has 1 N–H and O–H groups in total. The molecule has 0 unspecified atom stereocenters. The third-order valence-electron chi connectivity index (χ3n) is 4.33. The highest BCUT2D eigenvalue weighted by Gasteiger charge is 2.13. The summed E-state index contributed by atoms with van der Waals surface area (Å²) in [5.74, 6) is 0.0772. The lowest BCUT2D eigenvalue weighted by atomic mass is 10.1. The molecule has 33 heavy (non-hydrogen) atoms. The SMILES string of the molecule is N#C/C(=C/c1cc(Br)c(OCc2ccc([N+](=O)[O-])cc2)c(I)c1)C(=O)Nc1ccc(Br)cc1. The van der Waals surface area contributed by atoms with E-state index in [0.29, 0.717) is 21.5 Å². The number of carbonyl (C=O) groups excluding carboxylic acids is 1. The van der Waals surface area contributed by atoms with Gasteiger partial charge in [0.2, 0.25) is 0 Å². The minimum absolute atomic E-state index is 0.0168. The van der Waals surface area contributed by atoms with E-state index in [1.165, 1.54) is 18.2 Å². The monoisotopic (exact) mass is 681 g/mol. The van der Waals surface area contributed by atoms with Crippen molar-refractivity contribution in [3.8, 4) is 11.8 Å². The number of non-ortho nitro benzene ring substituents is 1. The summed E-state index contributed by atoms with van der Waals surface area (Å²) in [5, 5.41) is 22.9. The van der Waals surface area contributed by atoms with Gasteiger partial charge in [0.25, 0.3) is 11.6 Å². The van der Waals surface area contributed by atoms with E-state index in [9.17, 15) is 20.2 Å². The lowest BCUT2D eigenvalue weighted by molar-refractivity contribution is -0.384. The van der Waals surface area contributed by atoms with Crippen LogP contribution < -0.4 is 10.1 Å². The van der Waals surface area contributed by atoms with Gasteiger partial charge in [0.05, 0.1) is 13.0 Å². The molecule has 0 aromatic heterocycles.